The quantitative estimate of drug-likeness (QED) is 0.806. The molecule has 0 spiro atoms. The van der Waals surface area contributed by atoms with Crippen LogP contribution >= 0.6 is 0 Å². The van der Waals surface area contributed by atoms with Crippen LogP contribution in [-0.4, -0.2) is 78.4 Å². The number of carbonyl (C=O) groups is 2. The van der Waals surface area contributed by atoms with Crippen molar-refractivity contribution in [3.63, 3.8) is 0 Å². The minimum atomic E-state index is 0.0754. The van der Waals surface area contributed by atoms with Gasteiger partial charge in [0.2, 0.25) is 11.8 Å². The number of carbonyl (C=O) groups excluding carboxylic acids is 2. The Morgan fingerprint density at radius 1 is 0.870 bits per heavy atom. The summed E-state index contributed by atoms with van der Waals surface area (Å²) in [5.74, 6) is 0.449. The summed E-state index contributed by atoms with van der Waals surface area (Å²) in [4.78, 5) is 30.6. The Morgan fingerprint density at radius 3 is 2.00 bits per heavy atom. The Balaban J connectivity index is 1.69. The summed E-state index contributed by atoms with van der Waals surface area (Å²) >= 11 is 0. The van der Waals surface area contributed by atoms with Crippen molar-refractivity contribution in [1.82, 2.24) is 14.7 Å². The molecule has 2 fully saturated rings. The maximum absolute atomic E-state index is 12.4. The average molecular weight is 324 g/mol. The van der Waals surface area contributed by atoms with E-state index in [-0.39, 0.29) is 17.9 Å². The molecule has 0 aromatic rings. The molecule has 0 aromatic carbocycles. The first-order chi connectivity index (χ1) is 11.1. The molecule has 1 atom stereocenters. The molecule has 2 heterocycles. The van der Waals surface area contributed by atoms with Gasteiger partial charge in [0, 0.05) is 51.7 Å². The average Bonchev–Trinajstić information content (AvgIpc) is 2.82. The van der Waals surface area contributed by atoms with Crippen molar-refractivity contribution in [3.05, 3.63) is 0 Å². The van der Waals surface area contributed by atoms with Gasteiger partial charge in [-0.1, -0.05) is 12.8 Å². The second-order valence-corrected chi connectivity index (χ2v) is 6.97. The zero-order chi connectivity index (χ0) is 16.7. The number of nitrogens with zero attached hydrogens (tertiary/aromatic N) is 3. The van der Waals surface area contributed by atoms with Crippen LogP contribution in [0.5, 0.6) is 0 Å². The van der Waals surface area contributed by atoms with Gasteiger partial charge in [0.25, 0.3) is 0 Å². The van der Waals surface area contributed by atoms with Gasteiger partial charge in [0.15, 0.2) is 0 Å². The SMILES string of the molecule is CC(N)CCC(=O)N1CCN(CC(=O)N2CCCCCC2)CC1. The van der Waals surface area contributed by atoms with Crippen LogP contribution in [0.3, 0.4) is 0 Å². The number of piperazine rings is 1. The molecule has 23 heavy (non-hydrogen) atoms. The maximum atomic E-state index is 12.4. The lowest BCUT2D eigenvalue weighted by Gasteiger charge is -2.35. The predicted octanol–water partition coefficient (Wildman–Crippen LogP) is 0.661. The standard InChI is InChI=1S/C17H32N4O2/c1-15(18)6-7-16(22)21-12-10-19(11-13-21)14-17(23)20-8-4-2-3-5-9-20/h15H,2-14,18H2,1H3. The van der Waals surface area contributed by atoms with Crippen molar-refractivity contribution in [2.75, 3.05) is 45.8 Å². The number of likely N-dealkylation sites (tertiary alicyclic amines) is 1. The smallest absolute Gasteiger partial charge is 0.236 e. The lowest BCUT2D eigenvalue weighted by molar-refractivity contribution is -0.135. The molecule has 2 amide bonds. The molecule has 0 saturated carbocycles. The molecule has 2 aliphatic heterocycles. The molecular formula is C17H32N4O2. The molecular weight excluding hydrogens is 292 g/mol. The van der Waals surface area contributed by atoms with Crippen molar-refractivity contribution in [3.8, 4) is 0 Å². The van der Waals surface area contributed by atoms with Gasteiger partial charge < -0.3 is 15.5 Å². The number of amides is 2. The fourth-order valence-corrected chi connectivity index (χ4v) is 3.28. The molecule has 0 bridgehead atoms. The van der Waals surface area contributed by atoms with Gasteiger partial charge in [0.05, 0.1) is 6.54 Å². The van der Waals surface area contributed by atoms with E-state index in [1.54, 1.807) is 0 Å². The summed E-state index contributed by atoms with van der Waals surface area (Å²) in [7, 11) is 0. The van der Waals surface area contributed by atoms with Gasteiger partial charge >= 0.3 is 0 Å². The highest BCUT2D eigenvalue weighted by atomic mass is 16.2. The molecule has 0 aliphatic carbocycles. The Bertz CT molecular complexity index is 384. The maximum Gasteiger partial charge on any atom is 0.236 e. The van der Waals surface area contributed by atoms with Crippen molar-refractivity contribution in [1.29, 1.82) is 0 Å². The van der Waals surface area contributed by atoms with Crippen molar-refractivity contribution in [2.24, 2.45) is 5.73 Å². The molecule has 132 valence electrons. The molecule has 0 aromatic heterocycles. The first kappa shape index (κ1) is 18.2. The van der Waals surface area contributed by atoms with E-state index in [1.807, 2.05) is 16.7 Å². The fraction of sp³-hybridized carbons (Fsp3) is 0.882. The second kappa shape index (κ2) is 9.23. The third kappa shape index (κ3) is 6.11. The topological polar surface area (TPSA) is 69.9 Å². The summed E-state index contributed by atoms with van der Waals surface area (Å²) in [6, 6.07) is 0.0754. The lowest BCUT2D eigenvalue weighted by atomic mass is 10.1. The zero-order valence-corrected chi connectivity index (χ0v) is 14.5. The Kier molecular flexibility index (Phi) is 7.30. The molecule has 2 saturated heterocycles. The van der Waals surface area contributed by atoms with E-state index in [1.165, 1.54) is 12.8 Å². The number of rotatable bonds is 5. The fourth-order valence-electron chi connectivity index (χ4n) is 3.28. The monoisotopic (exact) mass is 324 g/mol. The summed E-state index contributed by atoms with van der Waals surface area (Å²) in [6.07, 6.45) is 6.02. The highest BCUT2D eigenvalue weighted by molar-refractivity contribution is 5.78. The summed E-state index contributed by atoms with van der Waals surface area (Å²) in [6.45, 7) is 7.30. The summed E-state index contributed by atoms with van der Waals surface area (Å²) in [5.41, 5.74) is 5.71. The van der Waals surface area contributed by atoms with Crippen LogP contribution < -0.4 is 5.73 Å². The Hall–Kier alpha value is -1.14. The van der Waals surface area contributed by atoms with Crippen LogP contribution in [0.1, 0.15) is 45.4 Å². The van der Waals surface area contributed by atoms with Gasteiger partial charge in [-0.05, 0) is 26.2 Å². The summed E-state index contributed by atoms with van der Waals surface area (Å²) < 4.78 is 0. The molecule has 2 rings (SSSR count). The van der Waals surface area contributed by atoms with E-state index in [2.05, 4.69) is 4.90 Å². The first-order valence-electron chi connectivity index (χ1n) is 9.10. The van der Waals surface area contributed by atoms with E-state index in [0.29, 0.717) is 13.0 Å². The van der Waals surface area contributed by atoms with Crippen molar-refractivity contribution in [2.45, 2.75) is 51.5 Å². The number of hydrogen-bond acceptors (Lipinski definition) is 4. The van der Waals surface area contributed by atoms with Gasteiger partial charge in [0.1, 0.15) is 0 Å². The van der Waals surface area contributed by atoms with E-state index in [9.17, 15) is 9.59 Å². The van der Waals surface area contributed by atoms with E-state index in [0.717, 1.165) is 58.5 Å². The van der Waals surface area contributed by atoms with E-state index in [4.69, 9.17) is 5.73 Å². The van der Waals surface area contributed by atoms with Crippen molar-refractivity contribution < 1.29 is 9.59 Å². The van der Waals surface area contributed by atoms with Gasteiger partial charge in [-0.3, -0.25) is 14.5 Å². The second-order valence-electron chi connectivity index (χ2n) is 6.97. The Morgan fingerprint density at radius 2 is 1.43 bits per heavy atom. The van der Waals surface area contributed by atoms with E-state index >= 15 is 0 Å². The highest BCUT2D eigenvalue weighted by Gasteiger charge is 2.24. The molecule has 0 radical (unpaired) electrons. The van der Waals surface area contributed by atoms with Gasteiger partial charge in [-0.25, -0.2) is 0 Å². The zero-order valence-electron chi connectivity index (χ0n) is 14.5. The number of hydrogen-bond donors (Lipinski definition) is 1. The molecule has 1 unspecified atom stereocenters. The molecule has 2 aliphatic rings. The normalized spacial score (nSPS) is 21.8. The minimum Gasteiger partial charge on any atom is -0.342 e. The third-order valence-corrected chi connectivity index (χ3v) is 4.86. The third-order valence-electron chi connectivity index (χ3n) is 4.86. The van der Waals surface area contributed by atoms with Crippen LogP contribution in [-0.2, 0) is 9.59 Å². The molecule has 2 N–H and O–H groups in total. The number of nitrogens with two attached hydrogens (primary N) is 1. The van der Waals surface area contributed by atoms with E-state index < -0.39 is 0 Å². The first-order valence-corrected chi connectivity index (χ1v) is 9.10. The van der Waals surface area contributed by atoms with Crippen LogP contribution in [0, 0.1) is 0 Å². The van der Waals surface area contributed by atoms with Gasteiger partial charge in [-0.2, -0.15) is 0 Å². The van der Waals surface area contributed by atoms with Crippen LogP contribution in [0.15, 0.2) is 0 Å². The van der Waals surface area contributed by atoms with Crippen molar-refractivity contribution >= 4 is 11.8 Å². The minimum absolute atomic E-state index is 0.0754. The highest BCUT2D eigenvalue weighted by Crippen LogP contribution is 2.11. The molecule has 6 heteroatoms. The Labute approximate surface area is 140 Å². The largest absolute Gasteiger partial charge is 0.342 e. The molecule has 6 nitrogen and oxygen atoms in total. The van der Waals surface area contributed by atoms with Crippen LogP contribution in [0.2, 0.25) is 0 Å². The van der Waals surface area contributed by atoms with Gasteiger partial charge in [-0.15, -0.1) is 0 Å². The van der Waals surface area contributed by atoms with Crippen LogP contribution in [0.25, 0.3) is 0 Å². The lowest BCUT2D eigenvalue weighted by Crippen LogP contribution is -2.51. The summed E-state index contributed by atoms with van der Waals surface area (Å²) in [5, 5.41) is 0. The predicted molar refractivity (Wildman–Crippen MR) is 91.0 cm³/mol. The van der Waals surface area contributed by atoms with Crippen LogP contribution in [0.4, 0.5) is 0 Å².